The van der Waals surface area contributed by atoms with E-state index in [0.29, 0.717) is 12.1 Å². The zero-order valence-corrected chi connectivity index (χ0v) is 17.0. The van der Waals surface area contributed by atoms with Crippen molar-refractivity contribution in [1.29, 1.82) is 0 Å². The summed E-state index contributed by atoms with van der Waals surface area (Å²) in [7, 11) is 0. The Balaban J connectivity index is 1.58. The molecule has 0 bridgehead atoms. The molecular weight excluding hydrogens is 356 g/mol. The zero-order valence-electron chi connectivity index (χ0n) is 15.4. The number of hydrogen-bond donors (Lipinski definition) is 0. The molecule has 0 aliphatic heterocycles. The number of hydrogen-bond acceptors (Lipinski definition) is 3. The summed E-state index contributed by atoms with van der Waals surface area (Å²) in [5, 5.41) is 3.20. The third-order valence-corrected chi connectivity index (χ3v) is 7.31. The molecule has 0 radical (unpaired) electrons. The van der Waals surface area contributed by atoms with Crippen LogP contribution in [0.3, 0.4) is 0 Å². The first-order chi connectivity index (χ1) is 12.8. The van der Waals surface area contributed by atoms with Crippen LogP contribution in [-0.4, -0.2) is 27.0 Å². The van der Waals surface area contributed by atoms with E-state index in [4.69, 9.17) is 17.2 Å². The molecule has 0 atom stereocenters. The lowest BCUT2D eigenvalue weighted by molar-refractivity contribution is 0.161. The monoisotopic (exact) mass is 384 g/mol. The fourth-order valence-corrected chi connectivity index (χ4v) is 5.83. The molecule has 2 nitrogen and oxygen atoms in total. The molecule has 0 unspecified atom stereocenters. The lowest BCUT2D eigenvalue weighted by Crippen LogP contribution is -2.48. The summed E-state index contributed by atoms with van der Waals surface area (Å²) in [6, 6.07) is 11.7. The predicted octanol–water partition coefficient (Wildman–Crippen LogP) is 6.45. The Morgan fingerprint density at radius 3 is 2.04 bits per heavy atom. The molecule has 2 saturated carbocycles. The maximum atomic E-state index is 6.04. The highest BCUT2D eigenvalue weighted by Gasteiger charge is 2.32. The summed E-state index contributed by atoms with van der Waals surface area (Å²) >= 11 is 7.76. The van der Waals surface area contributed by atoms with E-state index in [-0.39, 0.29) is 0 Å². The van der Waals surface area contributed by atoms with Gasteiger partial charge in [-0.2, -0.15) is 0 Å². The van der Waals surface area contributed by atoms with Crippen molar-refractivity contribution in [2.45, 2.75) is 76.3 Å². The fourth-order valence-electron chi connectivity index (χ4n) is 4.57. The third kappa shape index (κ3) is 4.01. The van der Waals surface area contributed by atoms with E-state index in [2.05, 4.69) is 40.6 Å². The van der Waals surface area contributed by atoms with E-state index >= 15 is 0 Å². The minimum atomic E-state index is 0.628. The highest BCUT2D eigenvalue weighted by Crippen LogP contribution is 2.33. The average molecular weight is 385 g/mol. The van der Waals surface area contributed by atoms with E-state index < -0.39 is 0 Å². The average Bonchev–Trinajstić information content (AvgIpc) is 3.21. The van der Waals surface area contributed by atoms with Crippen LogP contribution in [0.5, 0.6) is 0 Å². The van der Waals surface area contributed by atoms with Gasteiger partial charge in [-0.25, -0.2) is 4.98 Å². The Bertz CT molecular complexity index is 695. The SMILES string of the molecule is S=C(c1nc(-c2ccccc2)cs1)N(C1CCCCC1)C1CCCCC1. The molecule has 2 aliphatic carbocycles. The van der Waals surface area contributed by atoms with Gasteiger partial charge in [0.05, 0.1) is 5.69 Å². The Morgan fingerprint density at radius 2 is 1.46 bits per heavy atom. The van der Waals surface area contributed by atoms with Gasteiger partial charge in [-0.05, 0) is 25.7 Å². The van der Waals surface area contributed by atoms with Crippen LogP contribution in [0.1, 0.15) is 69.2 Å². The Hall–Kier alpha value is -1.26. The molecule has 138 valence electrons. The van der Waals surface area contributed by atoms with Gasteiger partial charge in [0.15, 0.2) is 5.01 Å². The number of aromatic nitrogens is 1. The summed E-state index contributed by atoms with van der Waals surface area (Å²) in [5.41, 5.74) is 2.24. The molecule has 2 aromatic rings. The molecule has 4 rings (SSSR count). The largest absolute Gasteiger partial charge is 0.354 e. The first kappa shape index (κ1) is 18.1. The van der Waals surface area contributed by atoms with Gasteiger partial charge in [0, 0.05) is 23.0 Å². The van der Waals surface area contributed by atoms with Crippen molar-refractivity contribution >= 4 is 28.5 Å². The van der Waals surface area contributed by atoms with Crippen molar-refractivity contribution in [3.63, 3.8) is 0 Å². The highest BCUT2D eigenvalue weighted by molar-refractivity contribution is 7.81. The summed E-state index contributed by atoms with van der Waals surface area (Å²) in [5.74, 6) is 0. The van der Waals surface area contributed by atoms with Gasteiger partial charge >= 0.3 is 0 Å². The van der Waals surface area contributed by atoms with Gasteiger partial charge in [-0.15, -0.1) is 11.3 Å². The molecular formula is C22H28N2S2. The smallest absolute Gasteiger partial charge is 0.151 e. The summed E-state index contributed by atoms with van der Waals surface area (Å²) in [6.07, 6.45) is 13.4. The van der Waals surface area contributed by atoms with Crippen LogP contribution in [0.25, 0.3) is 11.3 Å². The first-order valence-corrected chi connectivity index (χ1v) is 11.5. The van der Waals surface area contributed by atoms with Gasteiger partial charge in [-0.3, -0.25) is 0 Å². The summed E-state index contributed by atoms with van der Waals surface area (Å²) in [4.78, 5) is 8.56. The van der Waals surface area contributed by atoms with Crippen LogP contribution in [-0.2, 0) is 0 Å². The second-order valence-corrected chi connectivity index (χ2v) is 8.94. The number of benzene rings is 1. The van der Waals surface area contributed by atoms with E-state index in [1.807, 2.05) is 0 Å². The second kappa shape index (κ2) is 8.62. The maximum Gasteiger partial charge on any atom is 0.151 e. The minimum Gasteiger partial charge on any atom is -0.354 e. The summed E-state index contributed by atoms with van der Waals surface area (Å²) < 4.78 is 0. The standard InChI is InChI=1S/C22H28N2S2/c25-22(21-23-20(16-26-21)17-10-4-1-5-11-17)24(18-12-6-2-7-13-18)19-14-8-3-9-15-19/h1,4-5,10-11,16,18-19H,2-3,6-9,12-15H2. The Morgan fingerprint density at radius 1 is 0.885 bits per heavy atom. The lowest BCUT2D eigenvalue weighted by Gasteiger charge is -2.43. The minimum absolute atomic E-state index is 0.628. The van der Waals surface area contributed by atoms with E-state index in [1.165, 1.54) is 69.8 Å². The molecule has 0 spiro atoms. The van der Waals surface area contributed by atoms with Crippen molar-refractivity contribution in [3.05, 3.63) is 40.7 Å². The molecule has 1 aromatic heterocycles. The number of nitrogens with zero attached hydrogens (tertiary/aromatic N) is 2. The van der Waals surface area contributed by atoms with Gasteiger partial charge in [-0.1, -0.05) is 81.1 Å². The normalized spacial score (nSPS) is 19.4. The molecule has 26 heavy (non-hydrogen) atoms. The van der Waals surface area contributed by atoms with Crippen molar-refractivity contribution in [3.8, 4) is 11.3 Å². The Labute approximate surface area is 166 Å². The first-order valence-electron chi connectivity index (χ1n) is 10.2. The van der Waals surface area contributed by atoms with Crippen LogP contribution < -0.4 is 0 Å². The molecule has 1 heterocycles. The summed E-state index contributed by atoms with van der Waals surface area (Å²) in [6.45, 7) is 0. The lowest BCUT2D eigenvalue weighted by atomic mass is 9.88. The van der Waals surface area contributed by atoms with Crippen molar-refractivity contribution in [1.82, 2.24) is 9.88 Å². The molecule has 2 fully saturated rings. The molecule has 0 saturated heterocycles. The molecule has 4 heteroatoms. The van der Waals surface area contributed by atoms with Gasteiger partial charge in [0.2, 0.25) is 0 Å². The van der Waals surface area contributed by atoms with Crippen LogP contribution in [0.4, 0.5) is 0 Å². The topological polar surface area (TPSA) is 16.1 Å². The van der Waals surface area contributed by atoms with Gasteiger partial charge in [0.1, 0.15) is 4.99 Å². The van der Waals surface area contributed by atoms with E-state index in [0.717, 1.165) is 15.7 Å². The fraction of sp³-hybridized carbons (Fsp3) is 0.545. The highest BCUT2D eigenvalue weighted by atomic mass is 32.1. The number of rotatable bonds is 4. The molecule has 2 aliphatic rings. The van der Waals surface area contributed by atoms with Crippen molar-refractivity contribution < 1.29 is 0 Å². The van der Waals surface area contributed by atoms with Gasteiger partial charge in [0.25, 0.3) is 0 Å². The number of thiazole rings is 1. The van der Waals surface area contributed by atoms with Crippen LogP contribution in [0, 0.1) is 0 Å². The maximum absolute atomic E-state index is 6.04. The zero-order chi connectivity index (χ0) is 17.8. The predicted molar refractivity (Wildman–Crippen MR) is 115 cm³/mol. The van der Waals surface area contributed by atoms with Crippen molar-refractivity contribution in [2.75, 3.05) is 0 Å². The Kier molecular flexibility index (Phi) is 6.01. The molecule has 1 aromatic carbocycles. The van der Waals surface area contributed by atoms with Gasteiger partial charge < -0.3 is 4.90 Å². The van der Waals surface area contributed by atoms with Crippen LogP contribution in [0.15, 0.2) is 35.7 Å². The van der Waals surface area contributed by atoms with Crippen molar-refractivity contribution in [2.24, 2.45) is 0 Å². The molecule has 0 N–H and O–H groups in total. The second-order valence-electron chi connectivity index (χ2n) is 7.70. The van der Waals surface area contributed by atoms with E-state index in [1.54, 1.807) is 11.3 Å². The third-order valence-electron chi connectivity index (χ3n) is 5.93. The van der Waals surface area contributed by atoms with Crippen LogP contribution in [0.2, 0.25) is 0 Å². The van der Waals surface area contributed by atoms with E-state index in [9.17, 15) is 0 Å². The quantitative estimate of drug-likeness (QED) is 0.563. The number of thiocarbonyl (C=S) groups is 1. The van der Waals surface area contributed by atoms with Crippen LogP contribution >= 0.6 is 23.6 Å². The molecule has 0 amide bonds.